The monoisotopic (exact) mass is 281 g/mol. The van der Waals surface area contributed by atoms with Crippen molar-refractivity contribution in [3.8, 4) is 11.1 Å². The van der Waals surface area contributed by atoms with Crippen molar-refractivity contribution in [1.29, 1.82) is 0 Å². The maximum atomic E-state index is 5.82. The lowest BCUT2D eigenvalue weighted by Gasteiger charge is -2.22. The van der Waals surface area contributed by atoms with Gasteiger partial charge >= 0.3 is 0 Å². The van der Waals surface area contributed by atoms with E-state index in [9.17, 15) is 0 Å². The van der Waals surface area contributed by atoms with E-state index in [-0.39, 0.29) is 0 Å². The van der Waals surface area contributed by atoms with E-state index < -0.39 is 5.72 Å². The first-order valence-electron chi connectivity index (χ1n) is 6.94. The summed E-state index contributed by atoms with van der Waals surface area (Å²) < 4.78 is 0. The van der Waals surface area contributed by atoms with E-state index in [1.54, 1.807) is 7.05 Å². The molecule has 0 bridgehead atoms. The molecule has 0 amide bonds. The number of rotatable bonds is 2. The van der Waals surface area contributed by atoms with E-state index >= 15 is 0 Å². The van der Waals surface area contributed by atoms with E-state index in [1.165, 1.54) is 16.2 Å². The zero-order chi connectivity index (χ0) is 15.0. The van der Waals surface area contributed by atoms with Gasteiger partial charge in [0, 0.05) is 12.6 Å². The zero-order valence-electron chi connectivity index (χ0n) is 12.5. The van der Waals surface area contributed by atoms with Crippen molar-refractivity contribution >= 4 is 5.96 Å². The van der Waals surface area contributed by atoms with Crippen LogP contribution in [0.2, 0.25) is 0 Å². The molecule has 21 heavy (non-hydrogen) atoms. The summed E-state index contributed by atoms with van der Waals surface area (Å²) in [5, 5.41) is 1.50. The van der Waals surface area contributed by atoms with Gasteiger partial charge in [-0.2, -0.15) is 0 Å². The van der Waals surface area contributed by atoms with Crippen LogP contribution in [-0.2, 0) is 10.6 Å². The Morgan fingerprint density at radius 1 is 1.14 bits per heavy atom. The lowest BCUT2D eigenvalue weighted by Crippen LogP contribution is -2.30. The molecular weight excluding hydrogens is 262 g/mol. The molecule has 1 atom stereocenters. The van der Waals surface area contributed by atoms with Gasteiger partial charge in [0.15, 0.2) is 0 Å². The Labute approximate surface area is 124 Å². The topological polar surface area (TPSA) is 50.8 Å². The second-order valence-electron chi connectivity index (χ2n) is 5.44. The molecule has 4 heteroatoms. The SMILES string of the molecule is Cc1ccccc1-c1cccc(C2(C)N=C(N)N(C)O2)c1. The highest BCUT2D eigenvalue weighted by Crippen LogP contribution is 2.34. The minimum atomic E-state index is -0.766. The largest absolute Gasteiger partial charge is 0.368 e. The lowest BCUT2D eigenvalue weighted by molar-refractivity contribution is -0.163. The predicted molar refractivity (Wildman–Crippen MR) is 84.4 cm³/mol. The minimum absolute atomic E-state index is 0.388. The van der Waals surface area contributed by atoms with Crippen molar-refractivity contribution in [1.82, 2.24) is 5.06 Å². The molecule has 0 saturated carbocycles. The quantitative estimate of drug-likeness (QED) is 0.920. The maximum Gasteiger partial charge on any atom is 0.218 e. The normalized spacial score (nSPS) is 21.5. The van der Waals surface area contributed by atoms with Crippen molar-refractivity contribution in [2.24, 2.45) is 10.7 Å². The van der Waals surface area contributed by atoms with Gasteiger partial charge in [-0.25, -0.2) is 14.9 Å². The fraction of sp³-hybridized carbons (Fsp3) is 0.235. The number of guanidine groups is 1. The first kappa shape index (κ1) is 13.6. The molecule has 1 heterocycles. The van der Waals surface area contributed by atoms with Crippen LogP contribution in [0.5, 0.6) is 0 Å². The molecule has 1 unspecified atom stereocenters. The number of nitrogens with two attached hydrogens (primary N) is 1. The van der Waals surface area contributed by atoms with E-state index in [0.29, 0.717) is 5.96 Å². The van der Waals surface area contributed by atoms with Crippen LogP contribution in [0.3, 0.4) is 0 Å². The van der Waals surface area contributed by atoms with Crippen molar-refractivity contribution in [2.45, 2.75) is 19.6 Å². The number of benzene rings is 2. The molecule has 4 nitrogen and oxygen atoms in total. The van der Waals surface area contributed by atoms with Crippen LogP contribution in [0, 0.1) is 6.92 Å². The number of hydrogen-bond acceptors (Lipinski definition) is 4. The van der Waals surface area contributed by atoms with Crippen molar-refractivity contribution in [3.63, 3.8) is 0 Å². The van der Waals surface area contributed by atoms with Gasteiger partial charge in [0.05, 0.1) is 0 Å². The first-order chi connectivity index (χ1) is 9.99. The van der Waals surface area contributed by atoms with Gasteiger partial charge in [-0.3, -0.25) is 0 Å². The second-order valence-corrected chi connectivity index (χ2v) is 5.44. The predicted octanol–water partition coefficient (Wildman–Crippen LogP) is 3.03. The lowest BCUT2D eigenvalue weighted by atomic mass is 9.96. The molecule has 0 aromatic heterocycles. The molecule has 1 aliphatic heterocycles. The molecule has 3 rings (SSSR count). The molecule has 0 aliphatic carbocycles. The number of aliphatic imine (C=N–C) groups is 1. The average Bonchev–Trinajstić information content (AvgIpc) is 2.74. The second kappa shape index (κ2) is 4.90. The summed E-state index contributed by atoms with van der Waals surface area (Å²) >= 11 is 0. The average molecular weight is 281 g/mol. The summed E-state index contributed by atoms with van der Waals surface area (Å²) in [6, 6.07) is 16.6. The third-order valence-corrected chi connectivity index (χ3v) is 3.82. The maximum absolute atomic E-state index is 5.82. The summed E-state index contributed by atoms with van der Waals surface area (Å²) in [4.78, 5) is 10.2. The Morgan fingerprint density at radius 2 is 1.90 bits per heavy atom. The number of hydroxylamine groups is 2. The molecule has 2 N–H and O–H groups in total. The Balaban J connectivity index is 2.04. The fourth-order valence-electron chi connectivity index (χ4n) is 2.61. The molecule has 0 saturated heterocycles. The van der Waals surface area contributed by atoms with Crippen LogP contribution in [0.15, 0.2) is 53.5 Å². The Morgan fingerprint density at radius 3 is 2.57 bits per heavy atom. The standard InChI is InChI=1S/C17H19N3O/c1-12-7-4-5-10-15(12)13-8-6-9-14(11-13)17(2)19-16(18)20(3)21-17/h4-11H,1-3H3,(H2,18,19). The first-order valence-corrected chi connectivity index (χ1v) is 6.94. The molecule has 0 radical (unpaired) electrons. The van der Waals surface area contributed by atoms with Crippen LogP contribution < -0.4 is 5.73 Å². The Bertz CT molecular complexity index is 711. The number of aryl methyl sites for hydroxylation is 1. The van der Waals surface area contributed by atoms with Crippen LogP contribution >= 0.6 is 0 Å². The number of nitrogens with zero attached hydrogens (tertiary/aromatic N) is 2. The van der Waals surface area contributed by atoms with Crippen molar-refractivity contribution in [2.75, 3.05) is 7.05 Å². The number of hydrogen-bond donors (Lipinski definition) is 1. The van der Waals surface area contributed by atoms with Gasteiger partial charge in [-0.05, 0) is 36.6 Å². The molecule has 0 spiro atoms. The Hall–Kier alpha value is -2.33. The van der Waals surface area contributed by atoms with Crippen LogP contribution in [0.4, 0.5) is 0 Å². The summed E-state index contributed by atoms with van der Waals surface area (Å²) in [6.45, 7) is 4.03. The molecule has 108 valence electrons. The molecule has 2 aromatic carbocycles. The Kier molecular flexibility index (Phi) is 3.18. The fourth-order valence-corrected chi connectivity index (χ4v) is 2.61. The molecular formula is C17H19N3O. The third kappa shape index (κ3) is 2.38. The van der Waals surface area contributed by atoms with E-state index in [1.807, 2.05) is 31.2 Å². The van der Waals surface area contributed by atoms with Gasteiger partial charge in [-0.1, -0.05) is 42.5 Å². The smallest absolute Gasteiger partial charge is 0.218 e. The van der Waals surface area contributed by atoms with E-state index in [0.717, 1.165) is 11.1 Å². The van der Waals surface area contributed by atoms with Gasteiger partial charge in [0.25, 0.3) is 0 Å². The van der Waals surface area contributed by atoms with E-state index in [4.69, 9.17) is 10.6 Å². The van der Waals surface area contributed by atoms with E-state index in [2.05, 4.69) is 36.2 Å². The van der Waals surface area contributed by atoms with Crippen LogP contribution in [0.25, 0.3) is 11.1 Å². The molecule has 2 aromatic rings. The van der Waals surface area contributed by atoms with Crippen molar-refractivity contribution in [3.05, 3.63) is 59.7 Å². The van der Waals surface area contributed by atoms with Gasteiger partial charge in [0.1, 0.15) is 0 Å². The van der Waals surface area contributed by atoms with Gasteiger partial charge < -0.3 is 5.73 Å². The highest BCUT2D eigenvalue weighted by molar-refractivity contribution is 5.78. The van der Waals surface area contributed by atoms with Crippen LogP contribution in [-0.4, -0.2) is 18.1 Å². The van der Waals surface area contributed by atoms with Crippen LogP contribution in [0.1, 0.15) is 18.1 Å². The highest BCUT2D eigenvalue weighted by Gasteiger charge is 2.36. The minimum Gasteiger partial charge on any atom is -0.368 e. The highest BCUT2D eigenvalue weighted by atomic mass is 16.7. The summed E-state index contributed by atoms with van der Waals surface area (Å²) in [7, 11) is 1.76. The zero-order valence-corrected chi connectivity index (χ0v) is 12.5. The third-order valence-electron chi connectivity index (χ3n) is 3.82. The summed E-state index contributed by atoms with van der Waals surface area (Å²) in [5.74, 6) is 0.388. The summed E-state index contributed by atoms with van der Waals surface area (Å²) in [5.41, 5.74) is 9.64. The van der Waals surface area contributed by atoms with Crippen molar-refractivity contribution < 1.29 is 4.84 Å². The van der Waals surface area contributed by atoms with Gasteiger partial charge in [-0.15, -0.1) is 0 Å². The molecule has 1 aliphatic rings. The molecule has 0 fully saturated rings. The van der Waals surface area contributed by atoms with Gasteiger partial charge in [0.2, 0.25) is 11.7 Å². The summed E-state index contributed by atoms with van der Waals surface area (Å²) in [6.07, 6.45) is 0.